The summed E-state index contributed by atoms with van der Waals surface area (Å²) in [4.78, 5) is 12.8. The Hall–Kier alpha value is -1.35. The molecule has 0 saturated carbocycles. The van der Waals surface area contributed by atoms with E-state index >= 15 is 0 Å². The molecule has 0 aliphatic rings. The van der Waals surface area contributed by atoms with Crippen molar-refractivity contribution in [3.63, 3.8) is 0 Å². The fraction of sp³-hybridized carbons (Fsp3) is 0.533. The van der Waals surface area contributed by atoms with E-state index in [1.165, 1.54) is 22.3 Å². The Bertz CT molecular complexity index is 438. The van der Waals surface area contributed by atoms with E-state index in [1.54, 1.807) is 0 Å². The molecule has 1 aromatic carbocycles. The van der Waals surface area contributed by atoms with Gasteiger partial charge in [0.2, 0.25) is 0 Å². The minimum absolute atomic E-state index is 0.0873. The molecule has 0 bridgehead atoms. The predicted molar refractivity (Wildman–Crippen MR) is 73.8 cm³/mol. The number of benzene rings is 1. The van der Waals surface area contributed by atoms with Crippen molar-refractivity contribution >= 4 is 5.97 Å². The number of carboxylic acids is 1. The minimum atomic E-state index is -0.773. The Morgan fingerprint density at radius 2 is 1.72 bits per heavy atom. The number of carboxylic acid groups (broad SMARTS) is 1. The van der Waals surface area contributed by atoms with Gasteiger partial charge in [-0.3, -0.25) is 9.69 Å². The summed E-state index contributed by atoms with van der Waals surface area (Å²) < 4.78 is 0. The molecule has 0 unspecified atom stereocenters. The van der Waals surface area contributed by atoms with Gasteiger partial charge in [0.15, 0.2) is 0 Å². The van der Waals surface area contributed by atoms with E-state index in [9.17, 15) is 4.79 Å². The first-order valence-electron chi connectivity index (χ1n) is 6.33. The highest BCUT2D eigenvalue weighted by atomic mass is 16.4. The molecule has 1 rings (SSSR count). The third-order valence-electron chi connectivity index (χ3n) is 3.39. The molecule has 0 aliphatic heterocycles. The van der Waals surface area contributed by atoms with Crippen LogP contribution in [0.5, 0.6) is 0 Å². The molecule has 0 radical (unpaired) electrons. The zero-order chi connectivity index (χ0) is 13.9. The van der Waals surface area contributed by atoms with Crippen LogP contribution in [0.1, 0.15) is 36.1 Å². The maximum atomic E-state index is 10.9. The van der Waals surface area contributed by atoms with Gasteiger partial charge in [0.05, 0.1) is 6.54 Å². The molecule has 0 spiro atoms. The Kier molecular flexibility index (Phi) is 4.91. The average molecular weight is 249 g/mol. The van der Waals surface area contributed by atoms with E-state index in [0.717, 1.165) is 0 Å². The highest BCUT2D eigenvalue weighted by molar-refractivity contribution is 5.69. The molecule has 0 aromatic heterocycles. The first-order chi connectivity index (χ1) is 8.31. The summed E-state index contributed by atoms with van der Waals surface area (Å²) in [5.74, 6) is -0.773. The van der Waals surface area contributed by atoms with Gasteiger partial charge in [0.25, 0.3) is 0 Å². The number of nitrogens with zero attached hydrogens (tertiary/aromatic N) is 1. The van der Waals surface area contributed by atoms with Gasteiger partial charge >= 0.3 is 5.97 Å². The van der Waals surface area contributed by atoms with Gasteiger partial charge in [-0.05, 0) is 56.9 Å². The number of carbonyl (C=O) groups is 1. The van der Waals surface area contributed by atoms with E-state index in [-0.39, 0.29) is 12.6 Å². The Balaban J connectivity index is 2.93. The third-order valence-corrected chi connectivity index (χ3v) is 3.39. The van der Waals surface area contributed by atoms with E-state index in [0.29, 0.717) is 6.54 Å². The summed E-state index contributed by atoms with van der Waals surface area (Å²) >= 11 is 0. The first kappa shape index (κ1) is 14.7. The maximum Gasteiger partial charge on any atom is 0.317 e. The standard InChI is InChI=1S/C15H23NO2/c1-10(2)16(9-15(17)18)8-14-7-12(4)11(3)6-13(14)5/h6-7,10H,8-9H2,1-5H3,(H,17,18). The second-order valence-electron chi connectivity index (χ2n) is 5.26. The van der Waals surface area contributed by atoms with E-state index in [2.05, 4.69) is 32.9 Å². The smallest absolute Gasteiger partial charge is 0.317 e. The van der Waals surface area contributed by atoms with Crippen LogP contribution in [0.15, 0.2) is 12.1 Å². The Morgan fingerprint density at radius 3 is 2.22 bits per heavy atom. The van der Waals surface area contributed by atoms with E-state index in [1.807, 2.05) is 18.7 Å². The minimum Gasteiger partial charge on any atom is -0.480 e. The van der Waals surface area contributed by atoms with Crippen molar-refractivity contribution in [2.24, 2.45) is 0 Å². The largest absolute Gasteiger partial charge is 0.480 e. The zero-order valence-electron chi connectivity index (χ0n) is 11.9. The van der Waals surface area contributed by atoms with Crippen molar-refractivity contribution in [3.8, 4) is 0 Å². The van der Waals surface area contributed by atoms with Crippen molar-refractivity contribution in [1.82, 2.24) is 4.90 Å². The van der Waals surface area contributed by atoms with Crippen molar-refractivity contribution in [2.75, 3.05) is 6.54 Å². The number of hydrogen-bond donors (Lipinski definition) is 1. The molecule has 1 aromatic rings. The SMILES string of the molecule is Cc1cc(C)c(CN(CC(=O)O)C(C)C)cc1C. The van der Waals surface area contributed by atoms with Crippen LogP contribution in [0.25, 0.3) is 0 Å². The normalized spacial score (nSPS) is 11.3. The van der Waals surface area contributed by atoms with Gasteiger partial charge in [0.1, 0.15) is 0 Å². The van der Waals surface area contributed by atoms with Crippen LogP contribution >= 0.6 is 0 Å². The zero-order valence-corrected chi connectivity index (χ0v) is 11.9. The van der Waals surface area contributed by atoms with E-state index in [4.69, 9.17) is 5.11 Å². The van der Waals surface area contributed by atoms with Gasteiger partial charge in [-0.15, -0.1) is 0 Å². The molecule has 0 amide bonds. The van der Waals surface area contributed by atoms with Gasteiger partial charge in [-0.2, -0.15) is 0 Å². The van der Waals surface area contributed by atoms with Crippen molar-refractivity contribution in [2.45, 2.75) is 47.2 Å². The van der Waals surface area contributed by atoms with Gasteiger partial charge in [0, 0.05) is 12.6 Å². The molecule has 0 fully saturated rings. The fourth-order valence-electron chi connectivity index (χ4n) is 2.00. The topological polar surface area (TPSA) is 40.5 Å². The van der Waals surface area contributed by atoms with Crippen LogP contribution < -0.4 is 0 Å². The molecule has 100 valence electrons. The molecule has 1 N–H and O–H groups in total. The van der Waals surface area contributed by atoms with Crippen LogP contribution in [-0.4, -0.2) is 28.6 Å². The maximum absolute atomic E-state index is 10.9. The van der Waals surface area contributed by atoms with Crippen molar-refractivity contribution in [1.29, 1.82) is 0 Å². The molecule has 3 heteroatoms. The quantitative estimate of drug-likeness (QED) is 0.872. The van der Waals surface area contributed by atoms with Crippen LogP contribution in [0, 0.1) is 20.8 Å². The summed E-state index contributed by atoms with van der Waals surface area (Å²) in [6.07, 6.45) is 0. The highest BCUT2D eigenvalue weighted by Gasteiger charge is 2.15. The molecule has 3 nitrogen and oxygen atoms in total. The lowest BCUT2D eigenvalue weighted by Crippen LogP contribution is -2.35. The molecule has 0 aliphatic carbocycles. The van der Waals surface area contributed by atoms with E-state index < -0.39 is 5.97 Å². The number of hydrogen-bond acceptors (Lipinski definition) is 2. The van der Waals surface area contributed by atoms with Crippen LogP contribution in [0.4, 0.5) is 0 Å². The fourth-order valence-corrected chi connectivity index (χ4v) is 2.00. The lowest BCUT2D eigenvalue weighted by Gasteiger charge is -2.25. The third kappa shape index (κ3) is 3.84. The molecular weight excluding hydrogens is 226 g/mol. The van der Waals surface area contributed by atoms with Crippen molar-refractivity contribution < 1.29 is 9.90 Å². The summed E-state index contributed by atoms with van der Waals surface area (Å²) in [6.45, 7) is 11.1. The molecule has 18 heavy (non-hydrogen) atoms. The van der Waals surface area contributed by atoms with Gasteiger partial charge in [-0.1, -0.05) is 12.1 Å². The van der Waals surface area contributed by atoms with Gasteiger partial charge in [-0.25, -0.2) is 0 Å². The van der Waals surface area contributed by atoms with Gasteiger partial charge < -0.3 is 5.11 Å². The molecular formula is C15H23NO2. The number of aryl methyl sites for hydroxylation is 3. The molecule has 0 atom stereocenters. The Labute approximate surface area is 109 Å². The van der Waals surface area contributed by atoms with Crippen LogP contribution in [0.3, 0.4) is 0 Å². The van der Waals surface area contributed by atoms with Crippen LogP contribution in [-0.2, 0) is 11.3 Å². The summed E-state index contributed by atoms with van der Waals surface area (Å²) in [6, 6.07) is 4.56. The van der Waals surface area contributed by atoms with Crippen LogP contribution in [0.2, 0.25) is 0 Å². The first-order valence-corrected chi connectivity index (χ1v) is 6.33. The van der Waals surface area contributed by atoms with Crippen molar-refractivity contribution in [3.05, 3.63) is 34.4 Å². The second-order valence-corrected chi connectivity index (χ2v) is 5.26. The molecule has 0 saturated heterocycles. The average Bonchev–Trinajstić information content (AvgIpc) is 2.23. The lowest BCUT2D eigenvalue weighted by atomic mass is 10.00. The summed E-state index contributed by atoms with van der Waals surface area (Å²) in [5.41, 5.74) is 4.99. The summed E-state index contributed by atoms with van der Waals surface area (Å²) in [5, 5.41) is 8.94. The lowest BCUT2D eigenvalue weighted by molar-refractivity contribution is -0.138. The summed E-state index contributed by atoms with van der Waals surface area (Å²) in [7, 11) is 0. The number of rotatable bonds is 5. The monoisotopic (exact) mass is 249 g/mol. The predicted octanol–water partition coefficient (Wildman–Crippen LogP) is 2.91. The molecule has 0 heterocycles. The Morgan fingerprint density at radius 1 is 1.17 bits per heavy atom. The highest BCUT2D eigenvalue weighted by Crippen LogP contribution is 2.18. The number of aliphatic carboxylic acids is 1. The second kappa shape index (κ2) is 6.01.